The molecule has 0 aliphatic heterocycles. The molecule has 0 spiro atoms. The second-order valence-electron chi connectivity index (χ2n) is 6.76. The first-order chi connectivity index (χ1) is 15.2. The van der Waals surface area contributed by atoms with E-state index in [4.69, 9.17) is 14.2 Å². The highest BCUT2D eigenvalue weighted by molar-refractivity contribution is 5.83. The number of carbonyl (C=O) groups is 1. The molecule has 0 aliphatic rings. The van der Waals surface area contributed by atoms with Gasteiger partial charge in [-0.3, -0.25) is 4.79 Å². The summed E-state index contributed by atoms with van der Waals surface area (Å²) in [7, 11) is 1.58. The van der Waals surface area contributed by atoms with Gasteiger partial charge in [-0.25, -0.2) is 5.43 Å². The van der Waals surface area contributed by atoms with Crippen LogP contribution in [0.4, 0.5) is 0 Å². The summed E-state index contributed by atoms with van der Waals surface area (Å²) in [5.74, 6) is 1.53. The van der Waals surface area contributed by atoms with Gasteiger partial charge in [0, 0.05) is 0 Å². The molecule has 0 aromatic heterocycles. The average molecular weight is 418 g/mol. The highest BCUT2D eigenvalue weighted by Gasteiger charge is 2.06. The Morgan fingerprint density at radius 3 is 2.42 bits per heavy atom. The Bertz CT molecular complexity index is 1000. The summed E-state index contributed by atoms with van der Waals surface area (Å²) in [5, 5.41) is 3.98. The summed E-state index contributed by atoms with van der Waals surface area (Å²) in [4.78, 5) is 11.9. The molecule has 6 heteroatoms. The molecule has 6 nitrogen and oxygen atoms in total. The van der Waals surface area contributed by atoms with Crippen LogP contribution >= 0.6 is 0 Å². The van der Waals surface area contributed by atoms with Gasteiger partial charge in [0.15, 0.2) is 18.1 Å². The zero-order valence-electron chi connectivity index (χ0n) is 17.7. The maximum absolute atomic E-state index is 11.9. The van der Waals surface area contributed by atoms with Crippen molar-refractivity contribution in [3.8, 4) is 17.2 Å². The first-order valence-corrected chi connectivity index (χ1v) is 10.1. The van der Waals surface area contributed by atoms with Crippen molar-refractivity contribution in [2.75, 3.05) is 13.7 Å². The number of amides is 1. The number of rotatable bonds is 10. The fourth-order valence-electron chi connectivity index (χ4n) is 2.80. The van der Waals surface area contributed by atoms with Crippen LogP contribution in [-0.4, -0.2) is 25.8 Å². The highest BCUT2D eigenvalue weighted by Crippen LogP contribution is 2.28. The van der Waals surface area contributed by atoms with Crippen molar-refractivity contribution >= 4 is 12.1 Å². The predicted octanol–water partition coefficient (Wildman–Crippen LogP) is 4.37. The molecule has 0 bridgehead atoms. The zero-order valence-corrected chi connectivity index (χ0v) is 17.7. The van der Waals surface area contributed by atoms with Crippen molar-refractivity contribution in [3.05, 3.63) is 89.5 Å². The summed E-state index contributed by atoms with van der Waals surface area (Å²) in [6.45, 7) is 2.42. The minimum absolute atomic E-state index is 0.113. The summed E-state index contributed by atoms with van der Waals surface area (Å²) >= 11 is 0. The van der Waals surface area contributed by atoms with Crippen LogP contribution in [-0.2, 0) is 17.8 Å². The molecular weight excluding hydrogens is 392 g/mol. The molecule has 0 aliphatic carbocycles. The molecule has 0 heterocycles. The molecule has 0 fully saturated rings. The normalized spacial score (nSPS) is 10.6. The maximum atomic E-state index is 11.9. The summed E-state index contributed by atoms with van der Waals surface area (Å²) in [5.41, 5.74) is 5.51. The van der Waals surface area contributed by atoms with Gasteiger partial charge < -0.3 is 14.2 Å². The van der Waals surface area contributed by atoms with E-state index in [1.165, 1.54) is 11.8 Å². The first-order valence-electron chi connectivity index (χ1n) is 10.1. The fraction of sp³-hybridized carbons (Fsp3) is 0.200. The van der Waals surface area contributed by atoms with Crippen LogP contribution in [0.25, 0.3) is 0 Å². The Morgan fingerprint density at radius 1 is 0.935 bits per heavy atom. The molecule has 0 saturated carbocycles. The molecule has 3 aromatic carbocycles. The molecule has 0 saturated heterocycles. The number of nitrogens with zero attached hydrogens (tertiary/aromatic N) is 1. The van der Waals surface area contributed by atoms with Crippen molar-refractivity contribution in [3.63, 3.8) is 0 Å². The largest absolute Gasteiger partial charge is 0.493 e. The van der Waals surface area contributed by atoms with E-state index in [0.29, 0.717) is 23.9 Å². The van der Waals surface area contributed by atoms with Crippen molar-refractivity contribution < 1.29 is 19.0 Å². The van der Waals surface area contributed by atoms with Crippen molar-refractivity contribution in [1.82, 2.24) is 5.43 Å². The van der Waals surface area contributed by atoms with Crippen LogP contribution in [0, 0.1) is 0 Å². The van der Waals surface area contributed by atoms with E-state index in [-0.39, 0.29) is 12.5 Å². The first kappa shape index (κ1) is 21.9. The monoisotopic (exact) mass is 418 g/mol. The van der Waals surface area contributed by atoms with Crippen LogP contribution in [0.1, 0.15) is 23.6 Å². The number of carbonyl (C=O) groups excluding carboxylic acids is 1. The average Bonchev–Trinajstić information content (AvgIpc) is 2.82. The molecule has 0 radical (unpaired) electrons. The van der Waals surface area contributed by atoms with Crippen molar-refractivity contribution in [2.45, 2.75) is 20.0 Å². The van der Waals surface area contributed by atoms with Gasteiger partial charge >= 0.3 is 0 Å². The van der Waals surface area contributed by atoms with Crippen molar-refractivity contribution in [2.24, 2.45) is 5.10 Å². The molecule has 3 rings (SSSR count). The number of hydrogen-bond donors (Lipinski definition) is 1. The summed E-state index contributed by atoms with van der Waals surface area (Å²) in [6, 6.07) is 23.0. The lowest BCUT2D eigenvalue weighted by Gasteiger charge is -2.11. The molecule has 1 N–H and O–H groups in total. The van der Waals surface area contributed by atoms with Crippen LogP contribution in [0.3, 0.4) is 0 Å². The number of methoxy groups -OCH3 is 1. The van der Waals surface area contributed by atoms with Gasteiger partial charge in [-0.05, 0) is 53.4 Å². The van der Waals surface area contributed by atoms with Gasteiger partial charge in [-0.1, -0.05) is 49.4 Å². The number of ether oxygens (including phenoxy) is 3. The third-order valence-electron chi connectivity index (χ3n) is 4.53. The Labute approximate surface area is 182 Å². The van der Waals surface area contributed by atoms with Crippen LogP contribution in [0.2, 0.25) is 0 Å². The number of nitrogens with one attached hydrogen (secondary N) is 1. The van der Waals surface area contributed by atoms with E-state index >= 15 is 0 Å². The van der Waals surface area contributed by atoms with Crippen LogP contribution in [0.5, 0.6) is 17.2 Å². The second kappa shape index (κ2) is 11.4. The molecule has 0 unspecified atom stereocenters. The molecule has 0 atom stereocenters. The zero-order chi connectivity index (χ0) is 21.9. The fourth-order valence-corrected chi connectivity index (χ4v) is 2.80. The number of benzene rings is 3. The van der Waals surface area contributed by atoms with E-state index in [1.54, 1.807) is 13.2 Å². The Hall–Kier alpha value is -3.80. The molecule has 31 heavy (non-hydrogen) atoms. The Morgan fingerprint density at radius 2 is 1.71 bits per heavy atom. The van der Waals surface area contributed by atoms with Gasteiger partial charge in [0.2, 0.25) is 0 Å². The SMILES string of the molecule is CCc1ccc(OCC(=O)N/N=C\c2ccc(OCc3ccccc3)c(OC)c2)cc1. The van der Waals surface area contributed by atoms with E-state index in [9.17, 15) is 4.79 Å². The molecule has 160 valence electrons. The molecule has 1 amide bonds. The standard InChI is InChI=1S/C25H26N2O4/c1-3-19-9-12-22(13-10-19)30-18-25(28)27-26-16-21-11-14-23(24(15-21)29-2)31-17-20-7-5-4-6-8-20/h4-16H,3,17-18H2,1-2H3,(H,27,28)/b26-16-. The quantitative estimate of drug-likeness (QED) is 0.392. The smallest absolute Gasteiger partial charge is 0.277 e. The summed E-state index contributed by atoms with van der Waals surface area (Å²) < 4.78 is 16.7. The van der Waals surface area contributed by atoms with Gasteiger partial charge in [-0.2, -0.15) is 5.10 Å². The number of hydrogen-bond acceptors (Lipinski definition) is 5. The Balaban J connectivity index is 1.49. The van der Waals surface area contributed by atoms with Crippen LogP contribution in [0.15, 0.2) is 77.9 Å². The molecular formula is C25H26N2O4. The number of aryl methyl sites for hydroxylation is 1. The van der Waals surface area contributed by atoms with E-state index < -0.39 is 0 Å². The lowest BCUT2D eigenvalue weighted by atomic mass is 10.2. The minimum atomic E-state index is -0.342. The molecule has 3 aromatic rings. The topological polar surface area (TPSA) is 69.2 Å². The maximum Gasteiger partial charge on any atom is 0.277 e. The second-order valence-corrected chi connectivity index (χ2v) is 6.76. The van der Waals surface area contributed by atoms with Gasteiger partial charge in [0.05, 0.1) is 13.3 Å². The predicted molar refractivity (Wildman–Crippen MR) is 121 cm³/mol. The minimum Gasteiger partial charge on any atom is -0.493 e. The summed E-state index contributed by atoms with van der Waals surface area (Å²) in [6.07, 6.45) is 2.50. The lowest BCUT2D eigenvalue weighted by molar-refractivity contribution is -0.123. The third-order valence-corrected chi connectivity index (χ3v) is 4.53. The van der Waals surface area contributed by atoms with Crippen molar-refractivity contribution in [1.29, 1.82) is 0 Å². The van der Waals surface area contributed by atoms with Crippen LogP contribution < -0.4 is 19.6 Å². The Kier molecular flexibility index (Phi) is 8.05. The van der Waals surface area contributed by atoms with E-state index in [2.05, 4.69) is 17.5 Å². The van der Waals surface area contributed by atoms with E-state index in [1.807, 2.05) is 66.7 Å². The highest BCUT2D eigenvalue weighted by atomic mass is 16.5. The van der Waals surface area contributed by atoms with Gasteiger partial charge in [-0.15, -0.1) is 0 Å². The van der Waals surface area contributed by atoms with Gasteiger partial charge in [0.1, 0.15) is 12.4 Å². The third kappa shape index (κ3) is 6.89. The number of hydrazone groups is 1. The lowest BCUT2D eigenvalue weighted by Crippen LogP contribution is -2.24. The van der Waals surface area contributed by atoms with E-state index in [0.717, 1.165) is 17.5 Å². The van der Waals surface area contributed by atoms with Gasteiger partial charge in [0.25, 0.3) is 5.91 Å².